The van der Waals surface area contributed by atoms with Crippen LogP contribution in [-0.2, 0) is 19.7 Å². The molecule has 27 heavy (non-hydrogen) atoms. The molecule has 5 nitrogen and oxygen atoms in total. The molecule has 0 atom stereocenters. The van der Waals surface area contributed by atoms with Crippen LogP contribution in [0, 0.1) is 0 Å². The Labute approximate surface area is 162 Å². The number of ether oxygens (including phenoxy) is 2. The number of likely N-dealkylation sites (tertiary alicyclic amines) is 1. The molecule has 0 N–H and O–H groups in total. The van der Waals surface area contributed by atoms with Gasteiger partial charge in [-0.3, -0.25) is 4.79 Å². The van der Waals surface area contributed by atoms with Crippen LogP contribution in [0.5, 0.6) is 0 Å². The molecule has 3 rings (SSSR count). The Morgan fingerprint density at radius 3 is 2.26 bits per heavy atom. The molecular weight excluding hydrogens is 342 g/mol. The van der Waals surface area contributed by atoms with Gasteiger partial charge in [0.2, 0.25) is 0 Å². The molecule has 1 amide bonds. The summed E-state index contributed by atoms with van der Waals surface area (Å²) in [6.07, 6.45) is 3.73. The first-order valence-corrected chi connectivity index (χ1v) is 10.2. The predicted octanol–water partition coefficient (Wildman–Crippen LogP) is 4.40. The van der Waals surface area contributed by atoms with Gasteiger partial charge in [0.15, 0.2) is 0 Å². The van der Waals surface area contributed by atoms with E-state index in [0.29, 0.717) is 38.5 Å². The molecule has 1 saturated carbocycles. The first-order chi connectivity index (χ1) is 13.0. The molecule has 0 aromatic heterocycles. The highest BCUT2D eigenvalue weighted by atomic mass is 16.6. The maximum atomic E-state index is 13.0. The lowest BCUT2D eigenvalue weighted by molar-refractivity contribution is -0.162. The summed E-state index contributed by atoms with van der Waals surface area (Å²) in [7, 11) is 0. The van der Waals surface area contributed by atoms with Crippen LogP contribution in [0.15, 0.2) is 24.3 Å². The summed E-state index contributed by atoms with van der Waals surface area (Å²) in [4.78, 5) is 26.5. The summed E-state index contributed by atoms with van der Waals surface area (Å²) < 4.78 is 10.9. The lowest BCUT2D eigenvalue weighted by Crippen LogP contribution is -2.47. The van der Waals surface area contributed by atoms with Gasteiger partial charge in [0, 0.05) is 25.9 Å². The maximum Gasteiger partial charge on any atom is 0.409 e. The van der Waals surface area contributed by atoms with E-state index in [-0.39, 0.29) is 18.2 Å². The molecule has 2 aliphatic rings. The molecular formula is C22H31NO4. The zero-order valence-electron chi connectivity index (χ0n) is 16.7. The zero-order valence-corrected chi connectivity index (χ0v) is 16.7. The second-order valence-electron chi connectivity index (χ2n) is 8.00. The fourth-order valence-corrected chi connectivity index (χ4v) is 3.96. The van der Waals surface area contributed by atoms with E-state index in [2.05, 4.69) is 38.1 Å². The van der Waals surface area contributed by atoms with Crippen molar-refractivity contribution in [2.24, 2.45) is 0 Å². The van der Waals surface area contributed by atoms with Crippen LogP contribution in [0.3, 0.4) is 0 Å². The summed E-state index contributed by atoms with van der Waals surface area (Å²) in [5.41, 5.74) is 1.88. The van der Waals surface area contributed by atoms with Crippen LogP contribution in [0.2, 0.25) is 0 Å². The second kappa shape index (κ2) is 8.32. The highest BCUT2D eigenvalue weighted by Gasteiger charge is 2.48. The monoisotopic (exact) mass is 373 g/mol. The fourth-order valence-electron chi connectivity index (χ4n) is 3.96. The topological polar surface area (TPSA) is 55.8 Å². The predicted molar refractivity (Wildman–Crippen MR) is 104 cm³/mol. The van der Waals surface area contributed by atoms with Gasteiger partial charge >= 0.3 is 12.1 Å². The molecule has 1 saturated heterocycles. The van der Waals surface area contributed by atoms with Crippen LogP contribution in [-0.4, -0.2) is 42.8 Å². The minimum atomic E-state index is -0.478. The first-order valence-electron chi connectivity index (χ1n) is 10.2. The quantitative estimate of drug-likeness (QED) is 0.718. The van der Waals surface area contributed by atoms with Crippen molar-refractivity contribution in [1.82, 2.24) is 4.90 Å². The number of amides is 1. The van der Waals surface area contributed by atoms with Crippen molar-refractivity contribution in [1.29, 1.82) is 0 Å². The van der Waals surface area contributed by atoms with Gasteiger partial charge in [-0.15, -0.1) is 0 Å². The molecule has 5 heteroatoms. The van der Waals surface area contributed by atoms with Gasteiger partial charge in [-0.25, -0.2) is 4.79 Å². The molecule has 0 unspecified atom stereocenters. The molecule has 1 aliphatic carbocycles. The van der Waals surface area contributed by atoms with Crippen molar-refractivity contribution in [2.45, 2.75) is 70.3 Å². The molecule has 1 aromatic carbocycles. The first kappa shape index (κ1) is 19.7. The number of carbonyl (C=O) groups excluding carboxylic acids is 2. The molecule has 1 heterocycles. The highest BCUT2D eigenvalue weighted by Crippen LogP contribution is 2.45. The molecule has 148 valence electrons. The summed E-state index contributed by atoms with van der Waals surface area (Å²) in [6, 6.07) is 8.45. The van der Waals surface area contributed by atoms with Crippen molar-refractivity contribution >= 4 is 12.1 Å². The zero-order chi connectivity index (χ0) is 19.4. The number of rotatable bonds is 5. The van der Waals surface area contributed by atoms with Crippen LogP contribution < -0.4 is 0 Å². The Hall–Kier alpha value is -2.04. The molecule has 0 bridgehead atoms. The average Bonchev–Trinajstić information content (AvgIpc) is 2.62. The number of hydrogen-bond acceptors (Lipinski definition) is 4. The number of benzene rings is 1. The normalized spacial score (nSPS) is 19.5. The van der Waals surface area contributed by atoms with Gasteiger partial charge in [-0.05, 0) is 36.8 Å². The fraction of sp³-hybridized carbons (Fsp3) is 0.636. The van der Waals surface area contributed by atoms with E-state index in [1.807, 2.05) is 0 Å². The van der Waals surface area contributed by atoms with Crippen LogP contribution >= 0.6 is 0 Å². The van der Waals surface area contributed by atoms with Crippen molar-refractivity contribution in [2.75, 3.05) is 19.7 Å². The van der Waals surface area contributed by atoms with Crippen molar-refractivity contribution in [3.8, 4) is 0 Å². The third-order valence-corrected chi connectivity index (χ3v) is 5.97. The van der Waals surface area contributed by atoms with Gasteiger partial charge in [-0.2, -0.15) is 0 Å². The van der Waals surface area contributed by atoms with Crippen LogP contribution in [0.25, 0.3) is 0 Å². The molecule has 0 spiro atoms. The molecule has 0 radical (unpaired) electrons. The Bertz CT molecular complexity index is 655. The lowest BCUT2D eigenvalue weighted by atomic mass is 9.64. The van der Waals surface area contributed by atoms with Crippen molar-refractivity contribution < 1.29 is 19.1 Å². The Morgan fingerprint density at radius 2 is 1.78 bits per heavy atom. The summed E-state index contributed by atoms with van der Waals surface area (Å²) >= 11 is 0. The average molecular weight is 373 g/mol. The van der Waals surface area contributed by atoms with Crippen LogP contribution in [0.1, 0.15) is 69.9 Å². The van der Waals surface area contributed by atoms with Crippen molar-refractivity contribution in [3.05, 3.63) is 35.4 Å². The van der Waals surface area contributed by atoms with E-state index in [1.54, 1.807) is 11.8 Å². The molecule has 1 aliphatic heterocycles. The van der Waals surface area contributed by atoms with E-state index in [9.17, 15) is 9.59 Å². The maximum absolute atomic E-state index is 13.0. The lowest BCUT2D eigenvalue weighted by Gasteiger charge is -2.41. The van der Waals surface area contributed by atoms with Gasteiger partial charge in [0.25, 0.3) is 0 Å². The van der Waals surface area contributed by atoms with E-state index >= 15 is 0 Å². The van der Waals surface area contributed by atoms with Gasteiger partial charge in [0.05, 0.1) is 12.0 Å². The summed E-state index contributed by atoms with van der Waals surface area (Å²) in [5.74, 6) is 0.383. The number of piperidine rings is 1. The minimum Gasteiger partial charge on any atom is -0.462 e. The highest BCUT2D eigenvalue weighted by molar-refractivity contribution is 5.84. The minimum absolute atomic E-state index is 0.0966. The number of hydrogen-bond donors (Lipinski definition) is 0. The third-order valence-electron chi connectivity index (χ3n) is 5.97. The Balaban J connectivity index is 1.60. The SMILES string of the molecule is CCOC(=O)N1CCC(OC(=O)C2(c3ccc(C(C)C)cc3)CCC2)CC1. The second-order valence-corrected chi connectivity index (χ2v) is 8.00. The summed E-state index contributed by atoms with van der Waals surface area (Å²) in [6.45, 7) is 7.68. The molecule has 2 fully saturated rings. The summed E-state index contributed by atoms with van der Waals surface area (Å²) in [5, 5.41) is 0. The smallest absolute Gasteiger partial charge is 0.409 e. The number of esters is 1. The van der Waals surface area contributed by atoms with E-state index in [0.717, 1.165) is 24.8 Å². The number of nitrogens with zero attached hydrogens (tertiary/aromatic N) is 1. The van der Waals surface area contributed by atoms with Crippen molar-refractivity contribution in [3.63, 3.8) is 0 Å². The van der Waals surface area contributed by atoms with Gasteiger partial charge in [0.1, 0.15) is 6.10 Å². The number of carbonyl (C=O) groups is 2. The van der Waals surface area contributed by atoms with E-state index in [1.165, 1.54) is 5.56 Å². The van der Waals surface area contributed by atoms with E-state index in [4.69, 9.17) is 9.47 Å². The largest absolute Gasteiger partial charge is 0.462 e. The Kier molecular flexibility index (Phi) is 6.08. The molecule has 1 aromatic rings. The van der Waals surface area contributed by atoms with E-state index < -0.39 is 5.41 Å². The Morgan fingerprint density at radius 1 is 1.15 bits per heavy atom. The standard InChI is InChI=1S/C22H31NO4/c1-4-26-21(25)23-14-10-19(11-15-23)27-20(24)22(12-5-13-22)18-8-6-17(7-9-18)16(2)3/h6-9,16,19H,4-5,10-15H2,1-3H3. The third kappa shape index (κ3) is 4.12. The van der Waals surface area contributed by atoms with Crippen LogP contribution in [0.4, 0.5) is 4.79 Å². The van der Waals surface area contributed by atoms with Gasteiger partial charge < -0.3 is 14.4 Å². The van der Waals surface area contributed by atoms with Gasteiger partial charge in [-0.1, -0.05) is 44.5 Å².